The third-order valence-electron chi connectivity index (χ3n) is 1.81. The molecule has 0 fully saturated rings. The molecule has 0 aromatic rings. The second-order valence-corrected chi connectivity index (χ2v) is 4.24. The molecule has 0 aliphatic carbocycles. The lowest BCUT2D eigenvalue weighted by Crippen LogP contribution is -2.50. The summed E-state index contributed by atoms with van der Waals surface area (Å²) < 4.78 is 4.63. The summed E-state index contributed by atoms with van der Waals surface area (Å²) in [5.41, 5.74) is 4.39. The van der Waals surface area contributed by atoms with Crippen molar-refractivity contribution in [1.82, 2.24) is 4.90 Å². The lowest BCUT2D eigenvalue weighted by Gasteiger charge is -2.27. The monoisotopic (exact) mass is 232 g/mol. The maximum atomic E-state index is 11.6. The zero-order valence-corrected chi connectivity index (χ0v) is 10.2. The van der Waals surface area contributed by atoms with E-state index in [4.69, 9.17) is 5.73 Å². The van der Waals surface area contributed by atoms with Crippen molar-refractivity contribution in [2.75, 3.05) is 20.2 Å². The molecule has 0 radical (unpaired) electrons. The highest BCUT2D eigenvalue weighted by Crippen LogP contribution is 2.04. The van der Waals surface area contributed by atoms with Crippen LogP contribution in [0.3, 0.4) is 0 Å². The van der Waals surface area contributed by atoms with Crippen LogP contribution in [0.2, 0.25) is 0 Å². The Kier molecular flexibility index (Phi) is 5.40. The van der Waals surface area contributed by atoms with Gasteiger partial charge < -0.3 is 20.5 Å². The number of aliphatic hydroxyl groups is 1. The lowest BCUT2D eigenvalue weighted by molar-refractivity contribution is -0.151. The SMILES string of the molecule is CCOC(=O)C(N)C(=O)N(C)CC(C)(C)O. The van der Waals surface area contributed by atoms with Crippen molar-refractivity contribution in [3.8, 4) is 0 Å². The van der Waals surface area contributed by atoms with E-state index in [0.717, 1.165) is 0 Å². The van der Waals surface area contributed by atoms with Crippen LogP contribution in [0.4, 0.5) is 0 Å². The number of esters is 1. The van der Waals surface area contributed by atoms with E-state index in [1.165, 1.54) is 11.9 Å². The number of hydrogen-bond donors (Lipinski definition) is 2. The molecule has 3 N–H and O–H groups in total. The van der Waals surface area contributed by atoms with Crippen LogP contribution < -0.4 is 5.73 Å². The van der Waals surface area contributed by atoms with Crippen molar-refractivity contribution in [3.05, 3.63) is 0 Å². The molecule has 0 aromatic carbocycles. The topological polar surface area (TPSA) is 92.9 Å². The zero-order valence-electron chi connectivity index (χ0n) is 10.2. The number of amides is 1. The first kappa shape index (κ1) is 14.9. The molecular weight excluding hydrogens is 212 g/mol. The van der Waals surface area contributed by atoms with E-state index in [-0.39, 0.29) is 13.2 Å². The van der Waals surface area contributed by atoms with Crippen molar-refractivity contribution >= 4 is 11.9 Å². The molecule has 6 heteroatoms. The van der Waals surface area contributed by atoms with Gasteiger partial charge in [0.1, 0.15) is 0 Å². The van der Waals surface area contributed by atoms with Crippen molar-refractivity contribution in [3.63, 3.8) is 0 Å². The Morgan fingerprint density at radius 1 is 1.50 bits per heavy atom. The summed E-state index contributed by atoms with van der Waals surface area (Å²) in [6.07, 6.45) is 0. The largest absolute Gasteiger partial charge is 0.464 e. The summed E-state index contributed by atoms with van der Waals surface area (Å²) in [6.45, 7) is 5.03. The summed E-state index contributed by atoms with van der Waals surface area (Å²) in [4.78, 5) is 24.0. The molecule has 6 nitrogen and oxygen atoms in total. The van der Waals surface area contributed by atoms with Crippen LogP contribution in [0.15, 0.2) is 0 Å². The summed E-state index contributed by atoms with van der Waals surface area (Å²) in [5.74, 6) is -1.32. The van der Waals surface area contributed by atoms with Gasteiger partial charge in [0.25, 0.3) is 5.91 Å². The van der Waals surface area contributed by atoms with E-state index in [1.54, 1.807) is 20.8 Å². The fourth-order valence-corrected chi connectivity index (χ4v) is 1.23. The number of carbonyl (C=O) groups is 2. The van der Waals surface area contributed by atoms with Gasteiger partial charge in [0.05, 0.1) is 12.2 Å². The number of rotatable bonds is 5. The van der Waals surface area contributed by atoms with Crippen LogP contribution >= 0.6 is 0 Å². The van der Waals surface area contributed by atoms with E-state index in [2.05, 4.69) is 4.74 Å². The van der Waals surface area contributed by atoms with Gasteiger partial charge in [-0.25, -0.2) is 4.79 Å². The van der Waals surface area contributed by atoms with Gasteiger partial charge in [0.2, 0.25) is 0 Å². The van der Waals surface area contributed by atoms with Crippen LogP contribution in [-0.4, -0.2) is 53.7 Å². The highest BCUT2D eigenvalue weighted by atomic mass is 16.5. The highest BCUT2D eigenvalue weighted by Gasteiger charge is 2.28. The Hall–Kier alpha value is -1.14. The third kappa shape index (κ3) is 5.09. The third-order valence-corrected chi connectivity index (χ3v) is 1.81. The van der Waals surface area contributed by atoms with Crippen LogP contribution in [0, 0.1) is 0 Å². The average Bonchev–Trinajstić information content (AvgIpc) is 2.13. The molecule has 0 bridgehead atoms. The van der Waals surface area contributed by atoms with E-state index < -0.39 is 23.5 Å². The standard InChI is InChI=1S/C10H20N2O4/c1-5-16-9(14)7(11)8(13)12(4)6-10(2,3)15/h7,15H,5-6,11H2,1-4H3. The van der Waals surface area contributed by atoms with E-state index in [0.29, 0.717) is 0 Å². The summed E-state index contributed by atoms with van der Waals surface area (Å²) in [6, 6.07) is -1.33. The molecule has 0 aliphatic rings. The molecule has 0 heterocycles. The molecule has 94 valence electrons. The summed E-state index contributed by atoms with van der Waals surface area (Å²) in [7, 11) is 1.47. The summed E-state index contributed by atoms with van der Waals surface area (Å²) in [5, 5.41) is 9.51. The maximum absolute atomic E-state index is 11.6. The fraction of sp³-hybridized carbons (Fsp3) is 0.800. The van der Waals surface area contributed by atoms with Crippen molar-refractivity contribution in [1.29, 1.82) is 0 Å². The number of likely N-dealkylation sites (N-methyl/N-ethyl adjacent to an activating group) is 1. The van der Waals surface area contributed by atoms with Crippen molar-refractivity contribution in [2.45, 2.75) is 32.4 Å². The lowest BCUT2D eigenvalue weighted by atomic mass is 10.1. The van der Waals surface area contributed by atoms with E-state index in [9.17, 15) is 14.7 Å². The molecule has 1 unspecified atom stereocenters. The smallest absolute Gasteiger partial charge is 0.332 e. The predicted octanol–water partition coefficient (Wildman–Crippen LogP) is -0.894. The zero-order chi connectivity index (χ0) is 12.9. The number of nitrogens with zero attached hydrogens (tertiary/aromatic N) is 1. The van der Waals surface area contributed by atoms with Gasteiger partial charge in [-0.3, -0.25) is 4.79 Å². The van der Waals surface area contributed by atoms with Crippen LogP contribution in [0.5, 0.6) is 0 Å². The molecule has 1 atom stereocenters. The minimum Gasteiger partial charge on any atom is -0.464 e. The van der Waals surface area contributed by atoms with Crippen LogP contribution in [-0.2, 0) is 14.3 Å². The van der Waals surface area contributed by atoms with Crippen molar-refractivity contribution in [2.24, 2.45) is 5.73 Å². The fourth-order valence-electron chi connectivity index (χ4n) is 1.23. The van der Waals surface area contributed by atoms with E-state index in [1.807, 2.05) is 0 Å². The van der Waals surface area contributed by atoms with E-state index >= 15 is 0 Å². The second kappa shape index (κ2) is 5.81. The Balaban J connectivity index is 4.38. The van der Waals surface area contributed by atoms with Gasteiger partial charge in [-0.2, -0.15) is 0 Å². The van der Waals surface area contributed by atoms with Gasteiger partial charge in [0.15, 0.2) is 6.04 Å². The molecule has 0 aromatic heterocycles. The van der Waals surface area contributed by atoms with Crippen LogP contribution in [0.1, 0.15) is 20.8 Å². The quantitative estimate of drug-likeness (QED) is 0.473. The average molecular weight is 232 g/mol. The molecule has 1 amide bonds. The Bertz CT molecular complexity index is 260. The maximum Gasteiger partial charge on any atom is 0.332 e. The molecular formula is C10H20N2O4. The summed E-state index contributed by atoms with van der Waals surface area (Å²) >= 11 is 0. The molecule has 0 saturated carbocycles. The minimum atomic E-state index is -1.33. The number of ether oxygens (including phenoxy) is 1. The first-order chi connectivity index (χ1) is 7.19. The second-order valence-electron chi connectivity index (χ2n) is 4.24. The Morgan fingerprint density at radius 2 is 2.00 bits per heavy atom. The van der Waals surface area contributed by atoms with Gasteiger partial charge in [-0.1, -0.05) is 0 Å². The molecule has 16 heavy (non-hydrogen) atoms. The Labute approximate surface area is 95.4 Å². The first-order valence-corrected chi connectivity index (χ1v) is 5.08. The molecule has 0 rings (SSSR count). The normalized spacial score (nSPS) is 13.1. The predicted molar refractivity (Wildman–Crippen MR) is 58.5 cm³/mol. The van der Waals surface area contributed by atoms with Crippen molar-refractivity contribution < 1.29 is 19.4 Å². The van der Waals surface area contributed by atoms with Gasteiger partial charge in [0, 0.05) is 13.6 Å². The van der Waals surface area contributed by atoms with Gasteiger partial charge in [-0.05, 0) is 20.8 Å². The molecule has 0 aliphatic heterocycles. The first-order valence-electron chi connectivity index (χ1n) is 5.08. The molecule has 0 spiro atoms. The highest BCUT2D eigenvalue weighted by molar-refractivity contribution is 6.01. The number of hydrogen-bond acceptors (Lipinski definition) is 5. The Morgan fingerprint density at radius 3 is 2.38 bits per heavy atom. The number of carbonyl (C=O) groups excluding carboxylic acids is 2. The van der Waals surface area contributed by atoms with Crippen LogP contribution in [0.25, 0.3) is 0 Å². The van der Waals surface area contributed by atoms with Gasteiger partial charge in [-0.15, -0.1) is 0 Å². The minimum absolute atomic E-state index is 0.0962. The van der Waals surface area contributed by atoms with Gasteiger partial charge >= 0.3 is 5.97 Å². The number of nitrogens with two attached hydrogens (primary N) is 1. The molecule has 0 saturated heterocycles.